The topological polar surface area (TPSA) is 116 Å². The van der Waals surface area contributed by atoms with Gasteiger partial charge in [0.1, 0.15) is 17.3 Å². The van der Waals surface area contributed by atoms with Crippen LogP contribution in [0.25, 0.3) is 0 Å². The van der Waals surface area contributed by atoms with Crippen molar-refractivity contribution in [1.29, 1.82) is 0 Å². The van der Waals surface area contributed by atoms with E-state index in [9.17, 15) is 31.9 Å². The van der Waals surface area contributed by atoms with E-state index < -0.39 is 39.5 Å². The molecule has 2 N–H and O–H groups in total. The molecule has 0 saturated carbocycles. The lowest BCUT2D eigenvalue weighted by molar-refractivity contribution is -0.133. The van der Waals surface area contributed by atoms with Crippen molar-refractivity contribution in [3.63, 3.8) is 0 Å². The molecule has 1 aromatic rings. The average molecular weight is 415 g/mol. The van der Waals surface area contributed by atoms with Crippen molar-refractivity contribution in [1.82, 2.24) is 10.3 Å². The Morgan fingerprint density at radius 3 is 2.75 bits per heavy atom. The van der Waals surface area contributed by atoms with E-state index in [1.165, 1.54) is 0 Å². The second-order valence-corrected chi connectivity index (χ2v) is 8.96. The summed E-state index contributed by atoms with van der Waals surface area (Å²) in [5.74, 6) is -2.95. The number of aliphatic hydroxyl groups is 1. The zero-order valence-electron chi connectivity index (χ0n) is 14.8. The van der Waals surface area contributed by atoms with Crippen molar-refractivity contribution in [3.05, 3.63) is 35.4 Å². The molecule has 152 valence electrons. The average Bonchev–Trinajstić information content (AvgIpc) is 2.99. The minimum Gasteiger partial charge on any atom is -0.386 e. The van der Waals surface area contributed by atoms with Crippen molar-refractivity contribution in [2.24, 2.45) is 5.10 Å². The number of hydrogen-bond acceptors (Lipinski definition) is 6. The normalized spacial score (nSPS) is 22.7. The lowest BCUT2D eigenvalue weighted by Gasteiger charge is -2.27. The van der Waals surface area contributed by atoms with Crippen LogP contribution in [0.15, 0.2) is 23.3 Å². The van der Waals surface area contributed by atoms with Gasteiger partial charge in [-0.05, 0) is 12.5 Å². The number of benzene rings is 1. The van der Waals surface area contributed by atoms with Crippen LogP contribution in [0.2, 0.25) is 0 Å². The first-order chi connectivity index (χ1) is 13.2. The molecule has 11 heteroatoms. The lowest BCUT2D eigenvalue weighted by Crippen LogP contribution is -2.44. The summed E-state index contributed by atoms with van der Waals surface area (Å²) in [6.07, 6.45) is -1.05. The molecule has 0 spiro atoms. The Hall–Kier alpha value is -2.40. The van der Waals surface area contributed by atoms with Crippen molar-refractivity contribution in [3.8, 4) is 0 Å². The third-order valence-corrected chi connectivity index (χ3v) is 6.40. The molecule has 1 aromatic carbocycles. The first-order valence-electron chi connectivity index (χ1n) is 8.67. The van der Waals surface area contributed by atoms with Gasteiger partial charge in [-0.2, -0.15) is 5.10 Å². The highest BCUT2D eigenvalue weighted by atomic mass is 32.2. The van der Waals surface area contributed by atoms with E-state index in [0.717, 1.165) is 17.1 Å². The van der Waals surface area contributed by atoms with E-state index in [2.05, 4.69) is 10.4 Å². The summed E-state index contributed by atoms with van der Waals surface area (Å²) >= 11 is 0. The van der Waals surface area contributed by atoms with Gasteiger partial charge in [-0.25, -0.2) is 22.2 Å². The summed E-state index contributed by atoms with van der Waals surface area (Å²) in [6, 6.07) is 2.11. The molecule has 2 unspecified atom stereocenters. The number of rotatable bonds is 5. The van der Waals surface area contributed by atoms with Crippen LogP contribution in [0.3, 0.4) is 0 Å². The fourth-order valence-corrected chi connectivity index (χ4v) is 4.85. The molecule has 2 amide bonds. The standard InChI is InChI=1S/C17H19F2N3O5S/c18-10-1-2-12(13(19)7-10)15(23)8-20-17(25)14-3-4-16(24)22(21-14)11-5-6-28(26,27)9-11/h1-2,7,11,15,23H,3-6,8-9H2,(H,20,25). The Kier molecular flexibility index (Phi) is 5.75. The summed E-state index contributed by atoms with van der Waals surface area (Å²) in [7, 11) is -3.22. The summed E-state index contributed by atoms with van der Waals surface area (Å²) < 4.78 is 49.9. The van der Waals surface area contributed by atoms with E-state index in [4.69, 9.17) is 0 Å². The number of hydrazone groups is 1. The van der Waals surface area contributed by atoms with Crippen LogP contribution in [-0.4, -0.2) is 60.2 Å². The molecular weight excluding hydrogens is 396 g/mol. The zero-order chi connectivity index (χ0) is 20.5. The smallest absolute Gasteiger partial charge is 0.267 e. The van der Waals surface area contributed by atoms with Crippen molar-refractivity contribution in [2.45, 2.75) is 31.4 Å². The van der Waals surface area contributed by atoms with Gasteiger partial charge in [0.25, 0.3) is 5.91 Å². The summed E-state index contributed by atoms with van der Waals surface area (Å²) in [4.78, 5) is 24.4. The van der Waals surface area contributed by atoms with E-state index in [1.807, 2.05) is 0 Å². The van der Waals surface area contributed by atoms with Crippen LogP contribution >= 0.6 is 0 Å². The number of nitrogens with zero attached hydrogens (tertiary/aromatic N) is 2. The van der Waals surface area contributed by atoms with Gasteiger partial charge < -0.3 is 10.4 Å². The molecule has 2 aliphatic heterocycles. The van der Waals surface area contributed by atoms with Crippen molar-refractivity contribution < 1.29 is 31.9 Å². The minimum atomic E-state index is -3.22. The Morgan fingerprint density at radius 1 is 1.36 bits per heavy atom. The van der Waals surface area contributed by atoms with Crippen LogP contribution < -0.4 is 5.32 Å². The molecule has 28 heavy (non-hydrogen) atoms. The Morgan fingerprint density at radius 2 is 2.11 bits per heavy atom. The molecule has 1 fully saturated rings. The molecule has 0 radical (unpaired) electrons. The largest absolute Gasteiger partial charge is 0.386 e. The monoisotopic (exact) mass is 415 g/mol. The van der Waals surface area contributed by atoms with Crippen LogP contribution in [-0.2, 0) is 19.4 Å². The Balaban J connectivity index is 1.64. The van der Waals surface area contributed by atoms with Gasteiger partial charge in [-0.3, -0.25) is 9.59 Å². The van der Waals surface area contributed by atoms with Gasteiger partial charge in [-0.15, -0.1) is 0 Å². The molecule has 0 bridgehead atoms. The molecule has 0 aromatic heterocycles. The second-order valence-electron chi connectivity index (χ2n) is 6.73. The highest BCUT2D eigenvalue weighted by Crippen LogP contribution is 2.22. The van der Waals surface area contributed by atoms with E-state index in [0.29, 0.717) is 6.07 Å². The predicted molar refractivity (Wildman–Crippen MR) is 94.9 cm³/mol. The first kappa shape index (κ1) is 20.3. The first-order valence-corrected chi connectivity index (χ1v) is 10.5. The minimum absolute atomic E-state index is 0.0118. The number of sulfone groups is 1. The van der Waals surface area contributed by atoms with Crippen LogP contribution in [0.5, 0.6) is 0 Å². The molecule has 3 rings (SSSR count). The Labute approximate surface area is 160 Å². The molecule has 2 aliphatic rings. The zero-order valence-corrected chi connectivity index (χ0v) is 15.6. The Bertz CT molecular complexity index is 935. The molecule has 2 atom stereocenters. The highest BCUT2D eigenvalue weighted by Gasteiger charge is 2.37. The molecule has 2 heterocycles. The maximum Gasteiger partial charge on any atom is 0.267 e. The third-order valence-electron chi connectivity index (χ3n) is 4.65. The number of aliphatic hydroxyl groups excluding tert-OH is 1. The number of carbonyl (C=O) groups excluding carboxylic acids is 2. The number of nitrogens with one attached hydrogen (secondary N) is 1. The molecule has 8 nitrogen and oxygen atoms in total. The maximum absolute atomic E-state index is 13.7. The van der Waals surface area contributed by atoms with Gasteiger partial charge in [0.2, 0.25) is 5.91 Å². The number of amides is 2. The lowest BCUT2D eigenvalue weighted by atomic mass is 10.1. The number of carbonyl (C=O) groups is 2. The van der Waals surface area contributed by atoms with E-state index >= 15 is 0 Å². The molecule has 1 saturated heterocycles. The number of halogens is 2. The van der Waals surface area contributed by atoms with Crippen LogP contribution in [0.1, 0.15) is 30.9 Å². The van der Waals surface area contributed by atoms with Gasteiger partial charge >= 0.3 is 0 Å². The SMILES string of the molecule is O=C(NCC(O)c1ccc(F)cc1F)C1=NN(C2CCS(=O)(=O)C2)C(=O)CC1. The van der Waals surface area contributed by atoms with Crippen molar-refractivity contribution in [2.75, 3.05) is 18.1 Å². The van der Waals surface area contributed by atoms with Gasteiger partial charge in [0.15, 0.2) is 9.84 Å². The summed E-state index contributed by atoms with van der Waals surface area (Å²) in [5, 5.41) is 17.5. The van der Waals surface area contributed by atoms with Crippen LogP contribution in [0, 0.1) is 11.6 Å². The predicted octanol–water partition coefficient (Wildman–Crippen LogP) is 0.280. The fourth-order valence-electron chi connectivity index (χ4n) is 3.16. The fraction of sp³-hybridized carbons (Fsp3) is 0.471. The third kappa shape index (κ3) is 4.53. The van der Waals surface area contributed by atoms with Gasteiger partial charge in [-0.1, -0.05) is 6.07 Å². The molecular formula is C17H19F2N3O5S. The quantitative estimate of drug-likeness (QED) is 0.717. The highest BCUT2D eigenvalue weighted by molar-refractivity contribution is 7.91. The van der Waals surface area contributed by atoms with Gasteiger partial charge in [0.05, 0.1) is 23.7 Å². The molecule has 0 aliphatic carbocycles. The summed E-state index contributed by atoms with van der Waals surface area (Å²) in [6.45, 7) is -0.341. The van der Waals surface area contributed by atoms with Crippen LogP contribution in [0.4, 0.5) is 8.78 Å². The summed E-state index contributed by atoms with van der Waals surface area (Å²) in [5.41, 5.74) is -0.143. The van der Waals surface area contributed by atoms with E-state index in [-0.39, 0.29) is 54.5 Å². The van der Waals surface area contributed by atoms with Gasteiger partial charge in [0, 0.05) is 31.0 Å². The number of hydrogen-bond donors (Lipinski definition) is 2. The van der Waals surface area contributed by atoms with E-state index in [1.54, 1.807) is 0 Å². The maximum atomic E-state index is 13.7. The second kappa shape index (κ2) is 7.92. The van der Waals surface area contributed by atoms with Crippen molar-refractivity contribution >= 4 is 27.4 Å².